The Morgan fingerprint density at radius 3 is 2.33 bits per heavy atom. The van der Waals surface area contributed by atoms with E-state index in [-0.39, 0.29) is 11.8 Å². The summed E-state index contributed by atoms with van der Waals surface area (Å²) < 4.78 is 5.14. The van der Waals surface area contributed by atoms with E-state index in [0.29, 0.717) is 6.42 Å². The van der Waals surface area contributed by atoms with Gasteiger partial charge >= 0.3 is 0 Å². The van der Waals surface area contributed by atoms with Gasteiger partial charge in [0.15, 0.2) is 5.78 Å². The van der Waals surface area contributed by atoms with E-state index < -0.39 is 0 Å². The Balaban J connectivity index is 1.98. The molecule has 21 heavy (non-hydrogen) atoms. The van der Waals surface area contributed by atoms with Gasteiger partial charge in [0, 0.05) is 23.7 Å². The van der Waals surface area contributed by atoms with Crippen molar-refractivity contribution in [1.82, 2.24) is 0 Å². The van der Waals surface area contributed by atoms with E-state index in [4.69, 9.17) is 4.74 Å². The summed E-state index contributed by atoms with van der Waals surface area (Å²) in [7, 11) is 1.65. The molecule has 0 aliphatic carbocycles. The van der Waals surface area contributed by atoms with Crippen LogP contribution < -0.4 is 10.1 Å². The van der Waals surface area contributed by atoms with Gasteiger partial charge in [-0.15, -0.1) is 0 Å². The van der Waals surface area contributed by atoms with E-state index in [1.807, 2.05) is 54.6 Å². The molecule has 0 spiro atoms. The fourth-order valence-electron chi connectivity index (χ4n) is 2.19. The van der Waals surface area contributed by atoms with Crippen LogP contribution in [0.4, 0.5) is 5.69 Å². The number of methoxy groups -OCH3 is 1. The highest BCUT2D eigenvalue weighted by Gasteiger charge is 2.13. The average molecular weight is 283 g/mol. The maximum Gasteiger partial charge on any atom is 0.164 e. The predicted molar refractivity (Wildman–Crippen MR) is 86.1 cm³/mol. The monoisotopic (exact) mass is 283 g/mol. The van der Waals surface area contributed by atoms with Crippen LogP contribution in [0.2, 0.25) is 0 Å². The minimum Gasteiger partial charge on any atom is -0.497 e. The molecule has 3 heteroatoms. The summed E-state index contributed by atoms with van der Waals surface area (Å²) in [5, 5.41) is 3.40. The molecule has 0 bridgehead atoms. The SMILES string of the molecule is CCC(CC(=O)c1ccccc1)Nc1ccc(OC)cc1. The summed E-state index contributed by atoms with van der Waals surface area (Å²) in [6, 6.07) is 17.3. The molecule has 1 atom stereocenters. The lowest BCUT2D eigenvalue weighted by Gasteiger charge is -2.18. The molecule has 1 N–H and O–H groups in total. The number of benzene rings is 2. The van der Waals surface area contributed by atoms with Gasteiger partial charge in [0.05, 0.1) is 7.11 Å². The topological polar surface area (TPSA) is 38.3 Å². The largest absolute Gasteiger partial charge is 0.497 e. The van der Waals surface area contributed by atoms with Gasteiger partial charge in [-0.3, -0.25) is 4.79 Å². The van der Waals surface area contributed by atoms with Crippen LogP contribution in [0.1, 0.15) is 30.1 Å². The van der Waals surface area contributed by atoms with E-state index >= 15 is 0 Å². The number of rotatable bonds is 7. The number of carbonyl (C=O) groups excluding carboxylic acids is 1. The number of nitrogens with one attached hydrogen (secondary N) is 1. The number of Topliss-reactive ketones (excluding diaryl/α,β-unsaturated/α-hetero) is 1. The zero-order chi connectivity index (χ0) is 15.1. The molecule has 2 aromatic carbocycles. The van der Waals surface area contributed by atoms with Crippen LogP contribution in [0.15, 0.2) is 54.6 Å². The zero-order valence-corrected chi connectivity index (χ0v) is 12.5. The summed E-state index contributed by atoms with van der Waals surface area (Å²) >= 11 is 0. The summed E-state index contributed by atoms with van der Waals surface area (Å²) in [4.78, 5) is 12.2. The first-order chi connectivity index (χ1) is 10.2. The van der Waals surface area contributed by atoms with Crippen molar-refractivity contribution in [1.29, 1.82) is 0 Å². The quantitative estimate of drug-likeness (QED) is 0.775. The van der Waals surface area contributed by atoms with Crippen molar-refractivity contribution in [3.63, 3.8) is 0 Å². The number of hydrogen-bond donors (Lipinski definition) is 1. The molecule has 0 aliphatic heterocycles. The van der Waals surface area contributed by atoms with Crippen LogP contribution in [0.5, 0.6) is 5.75 Å². The van der Waals surface area contributed by atoms with E-state index in [1.54, 1.807) is 7.11 Å². The van der Waals surface area contributed by atoms with Gasteiger partial charge in [0.2, 0.25) is 0 Å². The Hall–Kier alpha value is -2.29. The van der Waals surface area contributed by atoms with Crippen LogP contribution in [-0.4, -0.2) is 18.9 Å². The molecule has 0 radical (unpaired) electrons. The lowest BCUT2D eigenvalue weighted by Crippen LogP contribution is -2.22. The summed E-state index contributed by atoms with van der Waals surface area (Å²) in [6.45, 7) is 2.08. The third-order valence-electron chi connectivity index (χ3n) is 3.48. The second-order valence-corrected chi connectivity index (χ2v) is 4.97. The second kappa shape index (κ2) is 7.48. The summed E-state index contributed by atoms with van der Waals surface area (Å²) in [6.07, 6.45) is 1.39. The van der Waals surface area contributed by atoms with Gasteiger partial charge < -0.3 is 10.1 Å². The zero-order valence-electron chi connectivity index (χ0n) is 12.5. The first-order valence-corrected chi connectivity index (χ1v) is 7.21. The minimum absolute atomic E-state index is 0.131. The van der Waals surface area contributed by atoms with E-state index in [1.165, 1.54) is 0 Å². The number of carbonyl (C=O) groups is 1. The van der Waals surface area contributed by atoms with Crippen molar-refractivity contribution in [2.24, 2.45) is 0 Å². The Kier molecular flexibility index (Phi) is 5.38. The fraction of sp³-hybridized carbons (Fsp3) is 0.278. The van der Waals surface area contributed by atoms with Crippen LogP contribution in [0, 0.1) is 0 Å². The third-order valence-corrected chi connectivity index (χ3v) is 3.48. The highest BCUT2D eigenvalue weighted by Crippen LogP contribution is 2.18. The predicted octanol–water partition coefficient (Wildman–Crippen LogP) is 4.16. The molecule has 0 saturated heterocycles. The van der Waals surface area contributed by atoms with Crippen LogP contribution >= 0.6 is 0 Å². The molecule has 0 fully saturated rings. The van der Waals surface area contributed by atoms with Gasteiger partial charge in [0.25, 0.3) is 0 Å². The molecule has 1 unspecified atom stereocenters. The number of ether oxygens (including phenoxy) is 1. The highest BCUT2D eigenvalue weighted by molar-refractivity contribution is 5.96. The Morgan fingerprint density at radius 2 is 1.76 bits per heavy atom. The van der Waals surface area contributed by atoms with E-state index in [9.17, 15) is 4.79 Å². The van der Waals surface area contributed by atoms with E-state index in [2.05, 4.69) is 12.2 Å². The smallest absolute Gasteiger partial charge is 0.164 e. The lowest BCUT2D eigenvalue weighted by molar-refractivity contribution is 0.0976. The minimum atomic E-state index is 0.131. The van der Waals surface area contributed by atoms with Crippen molar-refractivity contribution < 1.29 is 9.53 Å². The molecule has 0 saturated carbocycles. The fourth-order valence-corrected chi connectivity index (χ4v) is 2.19. The lowest BCUT2D eigenvalue weighted by atomic mass is 10.0. The Bertz CT molecular complexity index is 564. The van der Waals surface area contributed by atoms with Gasteiger partial charge in [0.1, 0.15) is 5.75 Å². The molecule has 3 nitrogen and oxygen atoms in total. The highest BCUT2D eigenvalue weighted by atomic mass is 16.5. The summed E-state index contributed by atoms with van der Waals surface area (Å²) in [5.41, 5.74) is 1.77. The van der Waals surface area contributed by atoms with Gasteiger partial charge in [-0.2, -0.15) is 0 Å². The second-order valence-electron chi connectivity index (χ2n) is 4.97. The third kappa shape index (κ3) is 4.35. The molecule has 110 valence electrons. The number of anilines is 1. The molecule has 2 aromatic rings. The molecular weight excluding hydrogens is 262 g/mol. The number of ketones is 1. The Labute approximate surface area is 126 Å². The first-order valence-electron chi connectivity index (χ1n) is 7.21. The van der Waals surface area contributed by atoms with Crippen molar-refractivity contribution >= 4 is 11.5 Å². The summed E-state index contributed by atoms with van der Waals surface area (Å²) in [5.74, 6) is 0.998. The normalized spacial score (nSPS) is 11.7. The van der Waals surface area contributed by atoms with Crippen molar-refractivity contribution in [3.8, 4) is 5.75 Å². The molecule has 0 aliphatic rings. The number of hydrogen-bond acceptors (Lipinski definition) is 3. The Morgan fingerprint density at radius 1 is 1.10 bits per heavy atom. The molecule has 0 amide bonds. The van der Waals surface area contributed by atoms with Crippen LogP contribution in [0.3, 0.4) is 0 Å². The molecule has 2 rings (SSSR count). The van der Waals surface area contributed by atoms with Gasteiger partial charge in [-0.05, 0) is 30.7 Å². The maximum atomic E-state index is 12.2. The average Bonchev–Trinajstić information content (AvgIpc) is 2.55. The van der Waals surface area contributed by atoms with E-state index in [0.717, 1.165) is 23.4 Å². The van der Waals surface area contributed by atoms with Crippen molar-refractivity contribution in [2.45, 2.75) is 25.8 Å². The van der Waals surface area contributed by atoms with Crippen LogP contribution in [-0.2, 0) is 0 Å². The van der Waals surface area contributed by atoms with Gasteiger partial charge in [-0.25, -0.2) is 0 Å². The molecule has 0 heterocycles. The van der Waals surface area contributed by atoms with Gasteiger partial charge in [-0.1, -0.05) is 37.3 Å². The van der Waals surface area contributed by atoms with Crippen molar-refractivity contribution in [2.75, 3.05) is 12.4 Å². The standard InChI is InChI=1S/C18H21NO2/c1-3-15(13-18(20)14-7-5-4-6-8-14)19-16-9-11-17(21-2)12-10-16/h4-12,15,19H,3,13H2,1-2H3. The first kappa shape index (κ1) is 15.1. The van der Waals surface area contributed by atoms with Crippen molar-refractivity contribution in [3.05, 3.63) is 60.2 Å². The maximum absolute atomic E-state index is 12.2. The van der Waals surface area contributed by atoms with Crippen LogP contribution in [0.25, 0.3) is 0 Å². The molecular formula is C18H21NO2. The molecule has 0 aromatic heterocycles.